The van der Waals surface area contributed by atoms with E-state index in [-0.39, 0.29) is 0 Å². The van der Waals surface area contributed by atoms with Gasteiger partial charge in [0, 0.05) is 6.54 Å². The molecule has 0 radical (unpaired) electrons. The molecule has 0 aliphatic heterocycles. The Morgan fingerprint density at radius 2 is 1.50 bits per heavy atom. The molecule has 0 spiro atoms. The summed E-state index contributed by atoms with van der Waals surface area (Å²) in [5, 5.41) is 3.33. The molecule has 2 unspecified atom stereocenters. The van der Waals surface area contributed by atoms with E-state index in [4.69, 9.17) is 0 Å². The average molecular weight is 368 g/mol. The number of likely N-dealkylation sites (N-methyl/N-ethyl adjacent to an activating group) is 1. The summed E-state index contributed by atoms with van der Waals surface area (Å²) in [5.74, 6) is 0.815. The van der Waals surface area contributed by atoms with Crippen LogP contribution in [0.4, 0.5) is 0 Å². The molecule has 0 aromatic carbocycles. The molecule has 0 saturated carbocycles. The van der Waals surface area contributed by atoms with E-state index in [1.54, 1.807) is 0 Å². The van der Waals surface area contributed by atoms with Gasteiger partial charge in [0.15, 0.2) is 0 Å². The van der Waals surface area contributed by atoms with Crippen LogP contribution in [0.3, 0.4) is 0 Å². The number of rotatable bonds is 17. The van der Waals surface area contributed by atoms with Crippen molar-refractivity contribution in [3.8, 4) is 0 Å². The standard InChI is InChI=1S/C14H30N.C10H21N/c1-5-8-9-10-11-12-14-15(4,7-3)13-6-2;1-4-6-7-10(3)9-11-8-5-2/h6H,2,5,7-14H2,1,3-4H3;5,10-11H,2,4,6-9H2,1,3H3/q+1;. The van der Waals surface area contributed by atoms with Gasteiger partial charge in [0.25, 0.3) is 0 Å². The number of hydrogen-bond acceptors (Lipinski definition) is 1. The molecule has 2 heteroatoms. The highest BCUT2D eigenvalue weighted by Crippen LogP contribution is 2.09. The maximum atomic E-state index is 3.85. The zero-order valence-electron chi connectivity index (χ0n) is 19.0. The third-order valence-electron chi connectivity index (χ3n) is 5.22. The van der Waals surface area contributed by atoms with E-state index < -0.39 is 0 Å². The van der Waals surface area contributed by atoms with Crippen LogP contribution in [-0.2, 0) is 0 Å². The van der Waals surface area contributed by atoms with Gasteiger partial charge in [0.1, 0.15) is 0 Å². The number of nitrogens with zero attached hydrogens (tertiary/aromatic N) is 1. The van der Waals surface area contributed by atoms with E-state index >= 15 is 0 Å². The van der Waals surface area contributed by atoms with Crippen molar-refractivity contribution in [2.45, 2.75) is 85.5 Å². The van der Waals surface area contributed by atoms with E-state index in [2.05, 4.69) is 59.3 Å². The topological polar surface area (TPSA) is 12.0 Å². The second kappa shape index (κ2) is 20.7. The minimum atomic E-state index is 0.815. The van der Waals surface area contributed by atoms with Gasteiger partial charge in [0.05, 0.1) is 26.7 Å². The van der Waals surface area contributed by atoms with Gasteiger partial charge in [0.2, 0.25) is 0 Å². The Bertz CT molecular complexity index is 301. The Morgan fingerprint density at radius 3 is 2.04 bits per heavy atom. The van der Waals surface area contributed by atoms with E-state index in [1.807, 2.05) is 6.08 Å². The molecule has 0 saturated heterocycles. The molecule has 0 bridgehead atoms. The molecule has 0 aromatic heterocycles. The van der Waals surface area contributed by atoms with Gasteiger partial charge in [-0.3, -0.25) is 0 Å². The molecular weight excluding hydrogens is 316 g/mol. The van der Waals surface area contributed by atoms with Gasteiger partial charge in [-0.05, 0) is 44.7 Å². The Morgan fingerprint density at radius 1 is 0.885 bits per heavy atom. The van der Waals surface area contributed by atoms with Gasteiger partial charge >= 0.3 is 0 Å². The Balaban J connectivity index is 0. The molecule has 156 valence electrons. The molecular formula is C24H51N2+. The van der Waals surface area contributed by atoms with E-state index in [9.17, 15) is 0 Å². The Labute approximate surface area is 166 Å². The summed E-state index contributed by atoms with van der Waals surface area (Å²) in [5.41, 5.74) is 0. The molecule has 0 heterocycles. The van der Waals surface area contributed by atoms with Gasteiger partial charge in [-0.2, -0.15) is 0 Å². The highest BCUT2D eigenvalue weighted by Gasteiger charge is 2.15. The zero-order chi connectivity index (χ0) is 20.1. The third-order valence-corrected chi connectivity index (χ3v) is 5.22. The van der Waals surface area contributed by atoms with Crippen LogP contribution in [0.15, 0.2) is 25.3 Å². The quantitative estimate of drug-likeness (QED) is 0.174. The van der Waals surface area contributed by atoms with Crippen LogP contribution in [0, 0.1) is 5.92 Å². The van der Waals surface area contributed by atoms with Crippen LogP contribution in [0.1, 0.15) is 85.5 Å². The summed E-state index contributed by atoms with van der Waals surface area (Å²) in [4.78, 5) is 0. The molecule has 0 amide bonds. The summed E-state index contributed by atoms with van der Waals surface area (Å²) < 4.78 is 1.16. The molecule has 0 aliphatic rings. The fraction of sp³-hybridized carbons (Fsp3) is 0.833. The minimum absolute atomic E-state index is 0.815. The summed E-state index contributed by atoms with van der Waals surface area (Å²) >= 11 is 0. The second-order valence-electron chi connectivity index (χ2n) is 8.09. The van der Waals surface area contributed by atoms with Crippen LogP contribution in [0.25, 0.3) is 0 Å². The normalized spacial score (nSPS) is 14.0. The number of nitrogens with one attached hydrogen (secondary N) is 1. The molecule has 0 aromatic rings. The second-order valence-corrected chi connectivity index (χ2v) is 8.09. The van der Waals surface area contributed by atoms with Gasteiger partial charge < -0.3 is 9.80 Å². The summed E-state index contributed by atoms with van der Waals surface area (Å²) in [6.07, 6.45) is 16.4. The van der Waals surface area contributed by atoms with Crippen molar-refractivity contribution >= 4 is 0 Å². The lowest BCUT2D eigenvalue weighted by Crippen LogP contribution is -2.44. The van der Waals surface area contributed by atoms with E-state index in [1.165, 1.54) is 70.9 Å². The molecule has 2 nitrogen and oxygen atoms in total. The first-order chi connectivity index (χ1) is 12.5. The first-order valence-corrected chi connectivity index (χ1v) is 11.3. The number of unbranched alkanes of at least 4 members (excludes halogenated alkanes) is 6. The zero-order valence-corrected chi connectivity index (χ0v) is 19.0. The monoisotopic (exact) mass is 367 g/mol. The molecule has 26 heavy (non-hydrogen) atoms. The molecule has 2 atom stereocenters. The summed E-state index contributed by atoms with van der Waals surface area (Å²) in [6, 6.07) is 0. The summed E-state index contributed by atoms with van der Waals surface area (Å²) in [6.45, 7) is 22.3. The number of quaternary nitrogens is 1. The largest absolute Gasteiger partial charge is 0.323 e. The van der Waals surface area contributed by atoms with Crippen molar-refractivity contribution in [1.29, 1.82) is 0 Å². The van der Waals surface area contributed by atoms with Crippen molar-refractivity contribution in [2.24, 2.45) is 5.92 Å². The molecule has 0 aliphatic carbocycles. The predicted molar refractivity (Wildman–Crippen MR) is 122 cm³/mol. The highest BCUT2D eigenvalue weighted by molar-refractivity contribution is 4.70. The smallest absolute Gasteiger partial charge is 0.0968 e. The van der Waals surface area contributed by atoms with Crippen molar-refractivity contribution in [3.05, 3.63) is 25.3 Å². The SMILES string of the molecule is C=CCNCC(C)CCCC.C=CC[N+](C)(CC)CCCCCCCC. The fourth-order valence-electron chi connectivity index (χ4n) is 3.05. The van der Waals surface area contributed by atoms with Gasteiger partial charge in [-0.25, -0.2) is 0 Å². The lowest BCUT2D eigenvalue weighted by atomic mass is 10.0. The highest BCUT2D eigenvalue weighted by atomic mass is 15.3. The van der Waals surface area contributed by atoms with Gasteiger partial charge in [-0.1, -0.05) is 72.0 Å². The van der Waals surface area contributed by atoms with E-state index in [0.29, 0.717) is 0 Å². The van der Waals surface area contributed by atoms with Crippen LogP contribution < -0.4 is 5.32 Å². The van der Waals surface area contributed by atoms with Crippen molar-refractivity contribution in [3.63, 3.8) is 0 Å². The predicted octanol–water partition coefficient (Wildman–Crippen LogP) is 6.59. The van der Waals surface area contributed by atoms with Crippen LogP contribution in [-0.4, -0.2) is 44.3 Å². The van der Waals surface area contributed by atoms with Crippen molar-refractivity contribution < 1.29 is 4.48 Å². The van der Waals surface area contributed by atoms with Crippen LogP contribution in [0.5, 0.6) is 0 Å². The Kier molecular flexibility index (Phi) is 22.0. The van der Waals surface area contributed by atoms with Crippen molar-refractivity contribution in [1.82, 2.24) is 5.32 Å². The van der Waals surface area contributed by atoms with Crippen molar-refractivity contribution in [2.75, 3.05) is 39.8 Å². The third kappa shape index (κ3) is 19.7. The maximum absolute atomic E-state index is 3.85. The lowest BCUT2D eigenvalue weighted by molar-refractivity contribution is -0.902. The maximum Gasteiger partial charge on any atom is 0.0968 e. The van der Waals surface area contributed by atoms with Crippen LogP contribution in [0.2, 0.25) is 0 Å². The first kappa shape index (κ1) is 27.6. The molecule has 1 N–H and O–H groups in total. The molecule has 0 rings (SSSR count). The van der Waals surface area contributed by atoms with Gasteiger partial charge in [-0.15, -0.1) is 6.58 Å². The Hall–Kier alpha value is -0.600. The minimum Gasteiger partial charge on any atom is -0.323 e. The first-order valence-electron chi connectivity index (χ1n) is 11.3. The van der Waals surface area contributed by atoms with E-state index in [0.717, 1.165) is 30.0 Å². The average Bonchev–Trinajstić information content (AvgIpc) is 2.64. The lowest BCUT2D eigenvalue weighted by Gasteiger charge is -2.32. The summed E-state index contributed by atoms with van der Waals surface area (Å²) in [7, 11) is 2.34. The van der Waals surface area contributed by atoms with Crippen LogP contribution >= 0.6 is 0 Å². The number of hydrogen-bond donors (Lipinski definition) is 1. The molecule has 0 fully saturated rings. The fourth-order valence-corrected chi connectivity index (χ4v) is 3.05.